The topological polar surface area (TPSA) is 75.9 Å². The van der Waals surface area contributed by atoms with Crippen molar-refractivity contribution in [2.75, 3.05) is 27.2 Å². The second-order valence-electron chi connectivity index (χ2n) is 6.47. The molecule has 8 heteroatoms. The van der Waals surface area contributed by atoms with Gasteiger partial charge in [-0.3, -0.25) is 4.90 Å². The lowest BCUT2D eigenvalue weighted by Gasteiger charge is -2.34. The van der Waals surface area contributed by atoms with Gasteiger partial charge in [-0.25, -0.2) is 12.7 Å². The minimum absolute atomic E-state index is 0.0301. The Bertz CT molecular complexity index is 604. The number of likely N-dealkylation sites (tertiary alicyclic amines) is 1. The molecule has 1 aromatic rings. The first-order chi connectivity index (χ1) is 11.0. The van der Waals surface area contributed by atoms with Gasteiger partial charge in [-0.05, 0) is 19.3 Å². The van der Waals surface area contributed by atoms with Crippen LogP contribution in [0.15, 0.2) is 16.9 Å². The third-order valence-corrected chi connectivity index (χ3v) is 6.96. The van der Waals surface area contributed by atoms with Crippen LogP contribution in [-0.2, 0) is 20.5 Å². The number of methoxy groups -OCH3 is 1. The zero-order chi connectivity index (χ0) is 16.4. The highest BCUT2D eigenvalue weighted by molar-refractivity contribution is 7.88. The van der Waals surface area contributed by atoms with Crippen molar-refractivity contribution in [3.05, 3.63) is 18.0 Å². The highest BCUT2D eigenvalue weighted by atomic mass is 32.2. The van der Waals surface area contributed by atoms with E-state index in [0.717, 1.165) is 38.8 Å². The van der Waals surface area contributed by atoms with E-state index in [1.54, 1.807) is 24.5 Å². The Labute approximate surface area is 137 Å². The molecule has 0 amide bonds. The van der Waals surface area contributed by atoms with E-state index in [9.17, 15) is 8.42 Å². The molecule has 3 atom stereocenters. The second kappa shape index (κ2) is 6.88. The van der Waals surface area contributed by atoms with E-state index in [1.807, 2.05) is 0 Å². The number of nitrogens with zero attached hydrogens (tertiary/aromatic N) is 3. The molecule has 7 nitrogen and oxygen atoms in total. The predicted octanol–water partition coefficient (Wildman–Crippen LogP) is 1.08. The lowest BCUT2D eigenvalue weighted by atomic mass is 10.1. The Balaban J connectivity index is 1.69. The Morgan fingerprint density at radius 2 is 2.26 bits per heavy atom. The van der Waals surface area contributed by atoms with Gasteiger partial charge in [-0.1, -0.05) is 11.6 Å². The standard InChI is InChI=1S/C15H25N3O4S/c1-17(23(19,20)11-12-7-9-22-16-12)14-4-3-5-15(14)18-8-6-13(10-18)21-2/h7,9,13-15H,3-6,8,10-11H2,1-2H3/t13?,14-,15+/m1/s1. The van der Waals surface area contributed by atoms with Gasteiger partial charge in [0.2, 0.25) is 10.0 Å². The summed E-state index contributed by atoms with van der Waals surface area (Å²) in [5, 5.41) is 3.72. The van der Waals surface area contributed by atoms with Gasteiger partial charge in [0.25, 0.3) is 0 Å². The lowest BCUT2D eigenvalue weighted by Crippen LogP contribution is -2.49. The highest BCUT2D eigenvalue weighted by Crippen LogP contribution is 2.32. The van der Waals surface area contributed by atoms with Gasteiger partial charge in [0.15, 0.2) is 0 Å². The van der Waals surface area contributed by atoms with Crippen LogP contribution in [0.1, 0.15) is 31.4 Å². The maximum atomic E-state index is 12.7. The minimum Gasteiger partial charge on any atom is -0.380 e. The van der Waals surface area contributed by atoms with E-state index in [4.69, 9.17) is 9.26 Å². The molecular weight excluding hydrogens is 318 g/mol. The number of likely N-dealkylation sites (N-methyl/N-ethyl adjacent to an activating group) is 1. The lowest BCUT2D eigenvalue weighted by molar-refractivity contribution is 0.0943. The summed E-state index contributed by atoms with van der Waals surface area (Å²) in [6.07, 6.45) is 5.72. The van der Waals surface area contributed by atoms with Crippen molar-refractivity contribution in [3.8, 4) is 0 Å². The maximum absolute atomic E-state index is 12.7. The average molecular weight is 343 g/mol. The molecular formula is C15H25N3O4S. The molecule has 0 aromatic carbocycles. The predicted molar refractivity (Wildman–Crippen MR) is 85.3 cm³/mol. The molecule has 130 valence electrons. The first-order valence-electron chi connectivity index (χ1n) is 8.13. The van der Waals surface area contributed by atoms with E-state index < -0.39 is 10.0 Å². The Kier molecular flexibility index (Phi) is 5.05. The normalized spacial score (nSPS) is 29.6. The summed E-state index contributed by atoms with van der Waals surface area (Å²) < 4.78 is 37.1. The maximum Gasteiger partial charge on any atom is 0.220 e. The molecule has 1 aromatic heterocycles. The molecule has 23 heavy (non-hydrogen) atoms. The molecule has 2 heterocycles. The Hall–Kier alpha value is -0.960. The summed E-state index contributed by atoms with van der Waals surface area (Å²) in [4.78, 5) is 2.40. The van der Waals surface area contributed by atoms with Crippen molar-refractivity contribution >= 4 is 10.0 Å². The summed E-state index contributed by atoms with van der Waals surface area (Å²) in [6.45, 7) is 1.88. The van der Waals surface area contributed by atoms with E-state index >= 15 is 0 Å². The molecule has 2 aliphatic rings. The number of hydrogen-bond acceptors (Lipinski definition) is 6. The van der Waals surface area contributed by atoms with Crippen molar-refractivity contribution in [1.82, 2.24) is 14.4 Å². The number of aromatic nitrogens is 1. The summed E-state index contributed by atoms with van der Waals surface area (Å²) in [5.74, 6) is -0.107. The van der Waals surface area contributed by atoms with Crippen LogP contribution in [0.5, 0.6) is 0 Å². The smallest absolute Gasteiger partial charge is 0.220 e. The van der Waals surface area contributed by atoms with Crippen molar-refractivity contribution in [2.24, 2.45) is 0 Å². The Morgan fingerprint density at radius 1 is 1.43 bits per heavy atom. The minimum atomic E-state index is -3.40. The van der Waals surface area contributed by atoms with Crippen LogP contribution in [-0.4, -0.2) is 68.2 Å². The molecule has 0 spiro atoms. The van der Waals surface area contributed by atoms with Crippen molar-refractivity contribution in [3.63, 3.8) is 0 Å². The second-order valence-corrected chi connectivity index (χ2v) is 8.50. The number of hydrogen-bond donors (Lipinski definition) is 0. The van der Waals surface area contributed by atoms with E-state index in [0.29, 0.717) is 5.69 Å². The third-order valence-electron chi connectivity index (χ3n) is 5.15. The van der Waals surface area contributed by atoms with E-state index in [1.165, 1.54) is 6.26 Å². The summed E-state index contributed by atoms with van der Waals surface area (Å²) in [7, 11) is 0.0462. The fraction of sp³-hybridized carbons (Fsp3) is 0.800. The van der Waals surface area contributed by atoms with Crippen LogP contribution in [0.4, 0.5) is 0 Å². The SMILES string of the molecule is COC1CCN([C@H]2CCC[C@H]2N(C)S(=O)(=O)Cc2ccon2)C1. The van der Waals surface area contributed by atoms with Gasteiger partial charge in [-0.2, -0.15) is 0 Å². The molecule has 0 N–H and O–H groups in total. The molecule has 0 bridgehead atoms. The zero-order valence-corrected chi connectivity index (χ0v) is 14.5. The first-order valence-corrected chi connectivity index (χ1v) is 9.74. The van der Waals surface area contributed by atoms with Crippen LogP contribution < -0.4 is 0 Å². The average Bonchev–Trinajstić information content (AvgIpc) is 3.26. The van der Waals surface area contributed by atoms with Gasteiger partial charge in [0.05, 0.1) is 11.8 Å². The highest BCUT2D eigenvalue weighted by Gasteiger charge is 2.41. The number of ether oxygens (including phenoxy) is 1. The molecule has 1 aliphatic heterocycles. The molecule has 0 radical (unpaired) electrons. The van der Waals surface area contributed by atoms with Gasteiger partial charge >= 0.3 is 0 Å². The van der Waals surface area contributed by atoms with Crippen LogP contribution >= 0.6 is 0 Å². The first kappa shape index (κ1) is 16.9. The van der Waals surface area contributed by atoms with Gasteiger partial charge in [0.1, 0.15) is 12.0 Å². The van der Waals surface area contributed by atoms with E-state index in [2.05, 4.69) is 10.1 Å². The monoisotopic (exact) mass is 343 g/mol. The summed E-state index contributed by atoms with van der Waals surface area (Å²) in [5.41, 5.74) is 0.451. The quantitative estimate of drug-likeness (QED) is 0.769. The molecule has 1 unspecified atom stereocenters. The van der Waals surface area contributed by atoms with Gasteiger partial charge < -0.3 is 9.26 Å². The molecule has 2 fully saturated rings. The fourth-order valence-electron chi connectivity index (χ4n) is 3.83. The summed E-state index contributed by atoms with van der Waals surface area (Å²) >= 11 is 0. The van der Waals surface area contributed by atoms with Crippen molar-refractivity contribution in [2.45, 2.75) is 49.6 Å². The van der Waals surface area contributed by atoms with Crippen LogP contribution in [0, 0.1) is 0 Å². The van der Waals surface area contributed by atoms with Gasteiger partial charge in [0, 0.05) is 45.4 Å². The zero-order valence-electron chi connectivity index (χ0n) is 13.7. The van der Waals surface area contributed by atoms with E-state index in [-0.39, 0.29) is 23.9 Å². The van der Waals surface area contributed by atoms with Crippen LogP contribution in [0.25, 0.3) is 0 Å². The number of sulfonamides is 1. The molecule has 1 saturated carbocycles. The molecule has 3 rings (SSSR count). The third kappa shape index (κ3) is 3.60. The van der Waals surface area contributed by atoms with Gasteiger partial charge in [-0.15, -0.1) is 0 Å². The fourth-order valence-corrected chi connectivity index (χ4v) is 5.21. The van der Waals surface area contributed by atoms with Crippen LogP contribution in [0.3, 0.4) is 0 Å². The van der Waals surface area contributed by atoms with Crippen LogP contribution in [0.2, 0.25) is 0 Å². The van der Waals surface area contributed by atoms with Crippen molar-refractivity contribution < 1.29 is 17.7 Å². The Morgan fingerprint density at radius 3 is 2.91 bits per heavy atom. The number of rotatable bonds is 6. The summed E-state index contributed by atoms with van der Waals surface area (Å²) in [6, 6.07) is 1.91. The molecule has 1 saturated heterocycles. The van der Waals surface area contributed by atoms with Crippen molar-refractivity contribution in [1.29, 1.82) is 0 Å². The molecule has 1 aliphatic carbocycles. The largest absolute Gasteiger partial charge is 0.380 e.